The summed E-state index contributed by atoms with van der Waals surface area (Å²) in [5.41, 5.74) is 0.203. The van der Waals surface area contributed by atoms with Gasteiger partial charge in [-0.2, -0.15) is 0 Å². The lowest BCUT2D eigenvalue weighted by Gasteiger charge is -2.32. The van der Waals surface area contributed by atoms with Crippen LogP contribution in [0.5, 0.6) is 5.75 Å². The van der Waals surface area contributed by atoms with E-state index in [0.717, 1.165) is 5.56 Å². The van der Waals surface area contributed by atoms with Crippen molar-refractivity contribution in [2.24, 2.45) is 0 Å². The first-order valence-electron chi connectivity index (χ1n) is 10.6. The van der Waals surface area contributed by atoms with Crippen LogP contribution in [-0.4, -0.2) is 54.7 Å². The molecule has 1 aliphatic rings. The molecular formula is C23H34BNO7. The lowest BCUT2D eigenvalue weighted by atomic mass is 9.77. The summed E-state index contributed by atoms with van der Waals surface area (Å²) in [6.45, 7) is 13.3. The first kappa shape index (κ1) is 25.7. The Morgan fingerprint density at radius 1 is 1.16 bits per heavy atom. The van der Waals surface area contributed by atoms with Gasteiger partial charge >= 0.3 is 19.2 Å². The second-order valence-corrected chi connectivity index (χ2v) is 9.80. The highest BCUT2D eigenvalue weighted by molar-refractivity contribution is 6.56. The minimum Gasteiger partial charge on any atom is -0.496 e. The molecule has 1 aromatic rings. The number of ether oxygens (including phenoxy) is 2. The smallest absolute Gasteiger partial charge is 0.492 e. The average Bonchev–Trinajstić information content (AvgIpc) is 2.84. The van der Waals surface area contributed by atoms with Gasteiger partial charge in [0.25, 0.3) is 0 Å². The molecular weight excluding hydrogens is 413 g/mol. The van der Waals surface area contributed by atoms with Crippen LogP contribution in [-0.2, 0) is 25.3 Å². The summed E-state index contributed by atoms with van der Waals surface area (Å²) in [6, 6.07) is 5.27. The maximum atomic E-state index is 12.2. The van der Waals surface area contributed by atoms with Crippen LogP contribution in [0, 0.1) is 0 Å². The van der Waals surface area contributed by atoms with Crippen molar-refractivity contribution in [2.45, 2.75) is 71.7 Å². The first-order valence-corrected chi connectivity index (χ1v) is 10.6. The normalized spacial score (nSPS) is 17.8. The molecule has 0 atom stereocenters. The van der Waals surface area contributed by atoms with Crippen LogP contribution in [0.1, 0.15) is 59.6 Å². The Balaban J connectivity index is 2.37. The molecule has 1 saturated heterocycles. The largest absolute Gasteiger partial charge is 0.496 e. The molecule has 2 rings (SSSR count). The van der Waals surface area contributed by atoms with E-state index in [-0.39, 0.29) is 13.0 Å². The molecule has 1 aliphatic heterocycles. The summed E-state index contributed by atoms with van der Waals surface area (Å²) in [5.74, 6) is -0.462. The molecule has 1 amide bonds. The number of rotatable bonds is 7. The fourth-order valence-corrected chi connectivity index (χ4v) is 3.09. The molecule has 0 saturated carbocycles. The van der Waals surface area contributed by atoms with Gasteiger partial charge in [0.05, 0.1) is 24.7 Å². The molecule has 0 radical (unpaired) electrons. The van der Waals surface area contributed by atoms with Crippen LogP contribution in [0.4, 0.5) is 4.79 Å². The topological polar surface area (TPSA) is 103 Å². The van der Waals surface area contributed by atoms with E-state index in [2.05, 4.69) is 5.32 Å². The number of methoxy groups -OCH3 is 1. The molecule has 0 bridgehead atoms. The number of amides is 1. The predicted molar refractivity (Wildman–Crippen MR) is 123 cm³/mol. The van der Waals surface area contributed by atoms with E-state index in [1.165, 1.54) is 7.11 Å². The van der Waals surface area contributed by atoms with E-state index in [9.17, 15) is 14.7 Å². The Labute approximate surface area is 190 Å². The number of alkyl carbamates (subject to hydrolysis) is 1. The van der Waals surface area contributed by atoms with Crippen LogP contribution in [0.15, 0.2) is 23.7 Å². The Bertz CT molecular complexity index is 871. The van der Waals surface area contributed by atoms with Gasteiger partial charge in [-0.3, -0.25) is 4.79 Å². The Kier molecular flexibility index (Phi) is 7.68. The molecule has 0 aromatic heterocycles. The highest BCUT2D eigenvalue weighted by Crippen LogP contribution is 2.39. The van der Waals surface area contributed by atoms with Gasteiger partial charge in [0, 0.05) is 12.1 Å². The van der Waals surface area contributed by atoms with Crippen LogP contribution >= 0.6 is 0 Å². The SMILES string of the molecule is COc1ccc(C=C(CNC(=O)OC(C)(C)C)B2OC(C)(C)C(C)(C)O2)cc1CC(=O)O. The van der Waals surface area contributed by atoms with Gasteiger partial charge in [-0.25, -0.2) is 4.79 Å². The fourth-order valence-electron chi connectivity index (χ4n) is 3.09. The van der Waals surface area contributed by atoms with Gasteiger partial charge in [-0.1, -0.05) is 12.1 Å². The van der Waals surface area contributed by atoms with Crippen molar-refractivity contribution < 1.29 is 33.5 Å². The summed E-state index contributed by atoms with van der Waals surface area (Å²) in [5, 5.41) is 12.0. The zero-order valence-electron chi connectivity index (χ0n) is 20.2. The minimum atomic E-state index is -0.956. The Hall–Kier alpha value is -2.52. The average molecular weight is 447 g/mol. The van der Waals surface area contributed by atoms with Crippen LogP contribution in [0.2, 0.25) is 0 Å². The number of carbonyl (C=O) groups is 2. The lowest BCUT2D eigenvalue weighted by Crippen LogP contribution is -2.41. The monoisotopic (exact) mass is 447 g/mol. The van der Waals surface area contributed by atoms with E-state index in [0.29, 0.717) is 16.8 Å². The summed E-state index contributed by atoms with van der Waals surface area (Å²) >= 11 is 0. The van der Waals surface area contributed by atoms with Crippen molar-refractivity contribution in [3.63, 3.8) is 0 Å². The second kappa shape index (κ2) is 9.54. The number of carboxylic acids is 1. The first-order chi connectivity index (χ1) is 14.6. The van der Waals surface area contributed by atoms with Crippen LogP contribution in [0.25, 0.3) is 6.08 Å². The Morgan fingerprint density at radius 2 is 1.75 bits per heavy atom. The van der Waals surface area contributed by atoms with Crippen molar-refractivity contribution >= 4 is 25.3 Å². The van der Waals surface area contributed by atoms with Gasteiger partial charge in [-0.05, 0) is 71.6 Å². The van der Waals surface area contributed by atoms with Gasteiger partial charge < -0.3 is 29.2 Å². The third-order valence-electron chi connectivity index (χ3n) is 5.39. The molecule has 1 fully saturated rings. The minimum absolute atomic E-state index is 0.131. The van der Waals surface area contributed by atoms with E-state index < -0.39 is 36.0 Å². The number of nitrogens with one attached hydrogen (secondary N) is 1. The molecule has 8 nitrogen and oxygen atoms in total. The van der Waals surface area contributed by atoms with E-state index in [4.69, 9.17) is 18.8 Å². The van der Waals surface area contributed by atoms with Crippen molar-refractivity contribution in [1.29, 1.82) is 0 Å². The number of carbonyl (C=O) groups excluding carboxylic acids is 1. The van der Waals surface area contributed by atoms with Crippen molar-refractivity contribution in [1.82, 2.24) is 5.32 Å². The fraction of sp³-hybridized carbons (Fsp3) is 0.565. The van der Waals surface area contributed by atoms with Gasteiger partial charge in [-0.15, -0.1) is 0 Å². The van der Waals surface area contributed by atoms with E-state index in [1.54, 1.807) is 32.9 Å². The summed E-state index contributed by atoms with van der Waals surface area (Å²) in [7, 11) is 0.802. The quantitative estimate of drug-likeness (QED) is 0.612. The molecule has 32 heavy (non-hydrogen) atoms. The van der Waals surface area contributed by atoms with Crippen molar-refractivity contribution in [2.75, 3.05) is 13.7 Å². The zero-order valence-corrected chi connectivity index (χ0v) is 20.2. The number of benzene rings is 1. The number of carboxylic acid groups (broad SMARTS) is 1. The summed E-state index contributed by atoms with van der Waals surface area (Å²) in [4.78, 5) is 23.5. The van der Waals surface area contributed by atoms with Crippen LogP contribution < -0.4 is 10.1 Å². The number of aliphatic carboxylic acids is 1. The van der Waals surface area contributed by atoms with E-state index >= 15 is 0 Å². The Morgan fingerprint density at radius 3 is 2.25 bits per heavy atom. The summed E-state index contributed by atoms with van der Waals surface area (Å²) < 4.78 is 23.0. The molecule has 0 unspecified atom stereocenters. The maximum absolute atomic E-state index is 12.2. The third kappa shape index (κ3) is 6.74. The van der Waals surface area contributed by atoms with Gasteiger partial charge in [0.15, 0.2) is 0 Å². The standard InChI is InChI=1S/C23H34BNO7/c1-21(2,3)30-20(28)25-14-17(24-31-22(4,5)23(6,7)32-24)12-15-9-10-18(29-8)16(11-15)13-19(26)27/h9-12H,13-14H2,1-8H3,(H,25,28)(H,26,27). The molecule has 0 spiro atoms. The predicted octanol–water partition coefficient (Wildman–Crippen LogP) is 3.86. The lowest BCUT2D eigenvalue weighted by molar-refractivity contribution is -0.136. The number of hydrogen-bond acceptors (Lipinski definition) is 6. The molecule has 1 heterocycles. The van der Waals surface area contributed by atoms with Crippen molar-refractivity contribution in [3.05, 3.63) is 34.8 Å². The molecule has 1 aromatic carbocycles. The van der Waals surface area contributed by atoms with Gasteiger partial charge in [0.2, 0.25) is 0 Å². The van der Waals surface area contributed by atoms with Gasteiger partial charge in [0.1, 0.15) is 11.4 Å². The number of hydrogen-bond donors (Lipinski definition) is 2. The molecule has 176 valence electrons. The summed E-state index contributed by atoms with van der Waals surface area (Å²) in [6.07, 6.45) is 1.10. The molecule has 0 aliphatic carbocycles. The van der Waals surface area contributed by atoms with E-state index in [1.807, 2.05) is 39.8 Å². The highest BCUT2D eigenvalue weighted by atomic mass is 16.7. The zero-order chi connectivity index (χ0) is 24.3. The van der Waals surface area contributed by atoms with Crippen molar-refractivity contribution in [3.8, 4) is 5.75 Å². The second-order valence-electron chi connectivity index (χ2n) is 9.80. The highest BCUT2D eigenvalue weighted by Gasteiger charge is 2.52. The third-order valence-corrected chi connectivity index (χ3v) is 5.39. The molecule has 9 heteroatoms. The van der Waals surface area contributed by atoms with Crippen LogP contribution in [0.3, 0.4) is 0 Å². The molecule has 2 N–H and O–H groups in total. The maximum Gasteiger partial charge on any atom is 0.492 e.